The summed E-state index contributed by atoms with van der Waals surface area (Å²) in [6.07, 6.45) is 1.56. The van der Waals surface area contributed by atoms with Gasteiger partial charge in [-0.15, -0.1) is 0 Å². The standard InChI is InChI=1S/C8H16O3/c1-3-8(10)11-6-4-5-7(2)9/h7,9H,3-6H2,1-2H3. The van der Waals surface area contributed by atoms with E-state index >= 15 is 0 Å². The molecule has 0 rings (SSSR count). The lowest BCUT2D eigenvalue weighted by molar-refractivity contribution is -0.143. The van der Waals surface area contributed by atoms with Crippen LogP contribution in [0.1, 0.15) is 33.1 Å². The van der Waals surface area contributed by atoms with E-state index in [1.807, 2.05) is 0 Å². The molecule has 0 saturated carbocycles. The Morgan fingerprint density at radius 3 is 2.73 bits per heavy atom. The highest BCUT2D eigenvalue weighted by atomic mass is 16.5. The van der Waals surface area contributed by atoms with Crippen molar-refractivity contribution in [3.63, 3.8) is 0 Å². The van der Waals surface area contributed by atoms with Crippen molar-refractivity contribution in [1.29, 1.82) is 0 Å². The molecule has 0 aromatic rings. The van der Waals surface area contributed by atoms with Gasteiger partial charge in [0.15, 0.2) is 0 Å². The highest BCUT2D eigenvalue weighted by Crippen LogP contribution is 1.96. The Kier molecular flexibility index (Phi) is 5.84. The van der Waals surface area contributed by atoms with Crippen molar-refractivity contribution < 1.29 is 14.6 Å². The van der Waals surface area contributed by atoms with Crippen LogP contribution < -0.4 is 0 Å². The summed E-state index contributed by atoms with van der Waals surface area (Å²) in [5.41, 5.74) is 0. The van der Waals surface area contributed by atoms with Crippen molar-refractivity contribution in [2.24, 2.45) is 0 Å². The topological polar surface area (TPSA) is 46.5 Å². The largest absolute Gasteiger partial charge is 0.466 e. The van der Waals surface area contributed by atoms with E-state index in [-0.39, 0.29) is 12.1 Å². The lowest BCUT2D eigenvalue weighted by atomic mass is 10.2. The lowest BCUT2D eigenvalue weighted by Gasteiger charge is -2.04. The molecule has 1 unspecified atom stereocenters. The fourth-order valence-electron chi connectivity index (χ4n) is 0.667. The van der Waals surface area contributed by atoms with Gasteiger partial charge in [-0.05, 0) is 19.8 Å². The second-order valence-corrected chi connectivity index (χ2v) is 2.57. The first-order valence-electron chi connectivity index (χ1n) is 4.00. The summed E-state index contributed by atoms with van der Waals surface area (Å²) < 4.78 is 4.79. The first-order chi connectivity index (χ1) is 5.16. The smallest absolute Gasteiger partial charge is 0.305 e. The summed E-state index contributed by atoms with van der Waals surface area (Å²) in [6.45, 7) is 3.91. The second-order valence-electron chi connectivity index (χ2n) is 2.57. The monoisotopic (exact) mass is 160 g/mol. The molecule has 0 amide bonds. The number of carbonyl (C=O) groups is 1. The molecule has 0 spiro atoms. The van der Waals surface area contributed by atoms with Gasteiger partial charge in [-0.3, -0.25) is 4.79 Å². The first kappa shape index (κ1) is 10.4. The van der Waals surface area contributed by atoms with Crippen LogP contribution in [0.4, 0.5) is 0 Å². The van der Waals surface area contributed by atoms with Crippen LogP contribution in [-0.4, -0.2) is 23.8 Å². The van der Waals surface area contributed by atoms with Gasteiger partial charge in [-0.1, -0.05) is 6.92 Å². The summed E-state index contributed by atoms with van der Waals surface area (Å²) in [5.74, 6) is -0.171. The molecule has 1 N–H and O–H groups in total. The Hall–Kier alpha value is -0.570. The highest BCUT2D eigenvalue weighted by molar-refractivity contribution is 5.68. The Morgan fingerprint density at radius 1 is 1.64 bits per heavy atom. The quantitative estimate of drug-likeness (QED) is 0.484. The molecule has 0 bridgehead atoms. The second kappa shape index (κ2) is 6.16. The van der Waals surface area contributed by atoms with Gasteiger partial charge >= 0.3 is 5.97 Å². The maximum Gasteiger partial charge on any atom is 0.305 e. The zero-order valence-electron chi connectivity index (χ0n) is 7.17. The molecule has 0 aliphatic carbocycles. The minimum absolute atomic E-state index is 0.171. The number of hydrogen-bond donors (Lipinski definition) is 1. The van der Waals surface area contributed by atoms with Crippen molar-refractivity contribution in [2.45, 2.75) is 39.2 Å². The van der Waals surface area contributed by atoms with Crippen LogP contribution in [0, 0.1) is 0 Å². The molecular formula is C8H16O3. The maximum atomic E-state index is 10.6. The van der Waals surface area contributed by atoms with E-state index in [0.29, 0.717) is 19.4 Å². The molecule has 66 valence electrons. The van der Waals surface area contributed by atoms with Crippen molar-refractivity contribution >= 4 is 5.97 Å². The normalized spacial score (nSPS) is 12.6. The number of carbonyl (C=O) groups excluding carboxylic acids is 1. The minimum Gasteiger partial charge on any atom is -0.466 e. The Balaban J connectivity index is 3.08. The Morgan fingerprint density at radius 2 is 2.27 bits per heavy atom. The fourth-order valence-corrected chi connectivity index (χ4v) is 0.667. The predicted octanol–water partition coefficient (Wildman–Crippen LogP) is 1.10. The molecule has 1 atom stereocenters. The van der Waals surface area contributed by atoms with Crippen LogP contribution in [-0.2, 0) is 9.53 Å². The first-order valence-corrected chi connectivity index (χ1v) is 4.00. The molecule has 0 aromatic heterocycles. The number of ether oxygens (including phenoxy) is 1. The zero-order valence-corrected chi connectivity index (χ0v) is 7.17. The van der Waals surface area contributed by atoms with Gasteiger partial charge in [0, 0.05) is 6.42 Å². The minimum atomic E-state index is -0.296. The van der Waals surface area contributed by atoms with Crippen LogP contribution in [0.5, 0.6) is 0 Å². The highest BCUT2D eigenvalue weighted by Gasteiger charge is 1.98. The number of esters is 1. The molecular weight excluding hydrogens is 144 g/mol. The Labute approximate surface area is 67.4 Å². The van der Waals surface area contributed by atoms with Gasteiger partial charge in [0.1, 0.15) is 0 Å². The summed E-state index contributed by atoms with van der Waals surface area (Å²) >= 11 is 0. The van der Waals surface area contributed by atoms with E-state index in [2.05, 4.69) is 0 Å². The third-order valence-electron chi connectivity index (χ3n) is 1.32. The van der Waals surface area contributed by atoms with Crippen molar-refractivity contribution in [3.8, 4) is 0 Å². The van der Waals surface area contributed by atoms with Gasteiger partial charge in [0.05, 0.1) is 12.7 Å². The SMILES string of the molecule is CCC(=O)OCCCC(C)O. The molecule has 0 aliphatic rings. The molecule has 0 fully saturated rings. The van der Waals surface area contributed by atoms with E-state index in [1.54, 1.807) is 13.8 Å². The van der Waals surface area contributed by atoms with Crippen LogP contribution in [0.2, 0.25) is 0 Å². The van der Waals surface area contributed by atoms with E-state index < -0.39 is 0 Å². The van der Waals surface area contributed by atoms with Crippen LogP contribution >= 0.6 is 0 Å². The third-order valence-corrected chi connectivity index (χ3v) is 1.32. The van der Waals surface area contributed by atoms with Gasteiger partial charge in [0.25, 0.3) is 0 Å². The summed E-state index contributed by atoms with van der Waals surface area (Å²) in [7, 11) is 0. The Bertz CT molecular complexity index is 110. The van der Waals surface area contributed by atoms with E-state index in [4.69, 9.17) is 9.84 Å². The predicted molar refractivity (Wildman–Crippen MR) is 42.2 cm³/mol. The van der Waals surface area contributed by atoms with Crippen LogP contribution in [0.25, 0.3) is 0 Å². The lowest BCUT2D eigenvalue weighted by Crippen LogP contribution is -2.06. The molecule has 3 heteroatoms. The van der Waals surface area contributed by atoms with E-state index in [1.165, 1.54) is 0 Å². The third kappa shape index (κ3) is 7.33. The number of hydrogen-bond acceptors (Lipinski definition) is 3. The fraction of sp³-hybridized carbons (Fsp3) is 0.875. The number of rotatable bonds is 5. The summed E-state index contributed by atoms with van der Waals surface area (Å²) in [5, 5.41) is 8.83. The summed E-state index contributed by atoms with van der Waals surface area (Å²) in [4.78, 5) is 10.6. The summed E-state index contributed by atoms with van der Waals surface area (Å²) in [6, 6.07) is 0. The maximum absolute atomic E-state index is 10.6. The molecule has 0 aliphatic heterocycles. The molecule has 11 heavy (non-hydrogen) atoms. The van der Waals surface area contributed by atoms with Crippen molar-refractivity contribution in [1.82, 2.24) is 0 Å². The molecule has 0 aromatic carbocycles. The number of aliphatic hydroxyl groups is 1. The zero-order chi connectivity index (χ0) is 8.69. The van der Waals surface area contributed by atoms with Gasteiger partial charge in [-0.2, -0.15) is 0 Å². The molecule has 0 heterocycles. The van der Waals surface area contributed by atoms with Gasteiger partial charge in [0.2, 0.25) is 0 Å². The molecule has 0 radical (unpaired) electrons. The van der Waals surface area contributed by atoms with E-state index in [9.17, 15) is 4.79 Å². The van der Waals surface area contributed by atoms with Gasteiger partial charge < -0.3 is 9.84 Å². The number of aliphatic hydroxyl groups excluding tert-OH is 1. The van der Waals surface area contributed by atoms with Crippen LogP contribution in [0.15, 0.2) is 0 Å². The molecule has 3 nitrogen and oxygen atoms in total. The average Bonchev–Trinajstić information content (AvgIpc) is 1.97. The van der Waals surface area contributed by atoms with Crippen LogP contribution in [0.3, 0.4) is 0 Å². The average molecular weight is 160 g/mol. The van der Waals surface area contributed by atoms with E-state index in [0.717, 1.165) is 6.42 Å². The van der Waals surface area contributed by atoms with Gasteiger partial charge in [-0.25, -0.2) is 0 Å². The van der Waals surface area contributed by atoms with Crippen molar-refractivity contribution in [3.05, 3.63) is 0 Å². The molecule has 0 saturated heterocycles. The van der Waals surface area contributed by atoms with Crippen molar-refractivity contribution in [2.75, 3.05) is 6.61 Å².